The van der Waals surface area contributed by atoms with Crippen molar-refractivity contribution in [3.63, 3.8) is 0 Å². The van der Waals surface area contributed by atoms with Crippen LogP contribution in [0.2, 0.25) is 0 Å². The van der Waals surface area contributed by atoms with Crippen molar-refractivity contribution in [2.24, 2.45) is 0 Å². The van der Waals surface area contributed by atoms with Gasteiger partial charge in [0.15, 0.2) is 11.6 Å². The van der Waals surface area contributed by atoms with Gasteiger partial charge in [0.25, 0.3) is 0 Å². The van der Waals surface area contributed by atoms with Crippen molar-refractivity contribution in [3.8, 4) is 11.6 Å². The minimum absolute atomic E-state index is 0.0254. The van der Waals surface area contributed by atoms with E-state index in [0.29, 0.717) is 35.7 Å². The molecule has 1 saturated carbocycles. The molecular formula is C26H34N6O5S. The molecule has 0 amide bonds. The second kappa shape index (κ2) is 11.2. The number of hydrogen-bond acceptors (Lipinski definition) is 10. The van der Waals surface area contributed by atoms with Crippen LogP contribution in [0.15, 0.2) is 30.5 Å². The Balaban J connectivity index is 1.35. The molecule has 1 aliphatic heterocycles. The first kappa shape index (κ1) is 26.2. The van der Waals surface area contributed by atoms with Crippen LogP contribution in [0.3, 0.4) is 0 Å². The highest BCUT2D eigenvalue weighted by Gasteiger charge is 2.26. The maximum atomic E-state index is 11.8. The van der Waals surface area contributed by atoms with Crippen molar-refractivity contribution in [1.82, 2.24) is 15.0 Å². The van der Waals surface area contributed by atoms with Crippen LogP contribution in [0.5, 0.6) is 11.6 Å². The van der Waals surface area contributed by atoms with Crippen molar-refractivity contribution in [1.29, 1.82) is 0 Å². The second-order valence-corrected chi connectivity index (χ2v) is 11.5. The van der Waals surface area contributed by atoms with Crippen LogP contribution in [0.1, 0.15) is 31.4 Å². The minimum Gasteiger partial charge on any atom is -0.493 e. The van der Waals surface area contributed by atoms with Crippen LogP contribution in [-0.4, -0.2) is 75.2 Å². The Morgan fingerprint density at radius 1 is 1.08 bits per heavy atom. The molecule has 1 aliphatic carbocycles. The predicted octanol–water partition coefficient (Wildman–Crippen LogP) is 3.35. The fourth-order valence-corrected chi connectivity index (χ4v) is 5.42. The average molecular weight is 543 g/mol. The maximum absolute atomic E-state index is 11.8. The summed E-state index contributed by atoms with van der Waals surface area (Å²) >= 11 is 0. The van der Waals surface area contributed by atoms with Gasteiger partial charge in [0.1, 0.15) is 11.9 Å². The number of sulfonamides is 1. The fraction of sp³-hybridized carbons (Fsp3) is 0.500. The topological polar surface area (TPSA) is 128 Å². The molecule has 2 fully saturated rings. The Morgan fingerprint density at radius 2 is 1.84 bits per heavy atom. The lowest BCUT2D eigenvalue weighted by atomic mass is 9.93. The van der Waals surface area contributed by atoms with E-state index >= 15 is 0 Å². The molecule has 11 nitrogen and oxygen atoms in total. The molecule has 3 aromatic heterocycles. The molecule has 2 aliphatic rings. The number of methoxy groups -OCH3 is 1. The largest absolute Gasteiger partial charge is 0.493 e. The average Bonchev–Trinajstić information content (AvgIpc) is 2.90. The molecule has 2 N–H and O–H groups in total. The van der Waals surface area contributed by atoms with Crippen molar-refractivity contribution in [2.45, 2.75) is 44.8 Å². The summed E-state index contributed by atoms with van der Waals surface area (Å²) in [5.41, 5.74) is 2.00. The molecule has 4 heterocycles. The number of aryl methyl sites for hydroxylation is 1. The van der Waals surface area contributed by atoms with E-state index in [1.54, 1.807) is 13.2 Å². The molecule has 0 unspecified atom stereocenters. The van der Waals surface area contributed by atoms with Crippen molar-refractivity contribution in [2.75, 3.05) is 54.6 Å². The van der Waals surface area contributed by atoms with Crippen molar-refractivity contribution in [3.05, 3.63) is 36.2 Å². The third kappa shape index (κ3) is 6.36. The third-order valence-corrected chi connectivity index (χ3v) is 7.39. The van der Waals surface area contributed by atoms with Gasteiger partial charge in [0, 0.05) is 30.9 Å². The normalized spacial score (nSPS) is 20.2. The highest BCUT2D eigenvalue weighted by Crippen LogP contribution is 2.33. The fourth-order valence-electron chi connectivity index (χ4n) is 4.88. The van der Waals surface area contributed by atoms with E-state index in [4.69, 9.17) is 19.2 Å². The van der Waals surface area contributed by atoms with Crippen LogP contribution < -0.4 is 24.4 Å². The van der Waals surface area contributed by atoms with Gasteiger partial charge in [0.2, 0.25) is 15.9 Å². The quantitative estimate of drug-likeness (QED) is 0.437. The molecule has 0 radical (unpaired) electrons. The minimum atomic E-state index is -3.45. The van der Waals surface area contributed by atoms with Gasteiger partial charge in [-0.1, -0.05) is 0 Å². The summed E-state index contributed by atoms with van der Waals surface area (Å²) in [6.07, 6.45) is 6.09. The van der Waals surface area contributed by atoms with Crippen molar-refractivity contribution < 1.29 is 22.6 Å². The van der Waals surface area contributed by atoms with Crippen LogP contribution in [-0.2, 0) is 14.8 Å². The molecule has 3 aromatic rings. The monoisotopic (exact) mass is 542 g/mol. The first-order chi connectivity index (χ1) is 18.3. The van der Waals surface area contributed by atoms with Crippen LogP contribution >= 0.6 is 0 Å². The Kier molecular flexibility index (Phi) is 7.70. The van der Waals surface area contributed by atoms with Crippen LogP contribution in [0.25, 0.3) is 10.9 Å². The lowest BCUT2D eigenvalue weighted by molar-refractivity contribution is 0.122. The van der Waals surface area contributed by atoms with Gasteiger partial charge < -0.3 is 24.4 Å². The zero-order valence-corrected chi connectivity index (χ0v) is 22.8. The van der Waals surface area contributed by atoms with Crippen LogP contribution in [0.4, 0.5) is 17.3 Å². The molecule has 0 bridgehead atoms. The number of ether oxygens (including phenoxy) is 3. The number of fused-ring (bicyclic) bond motifs is 1. The zero-order valence-electron chi connectivity index (χ0n) is 21.9. The molecule has 5 rings (SSSR count). The molecular weight excluding hydrogens is 508 g/mol. The number of morpholine rings is 1. The second-order valence-electron chi connectivity index (χ2n) is 9.79. The highest BCUT2D eigenvalue weighted by atomic mass is 32.2. The molecule has 38 heavy (non-hydrogen) atoms. The van der Waals surface area contributed by atoms with Gasteiger partial charge >= 0.3 is 0 Å². The maximum Gasteiger partial charge on any atom is 0.229 e. The number of nitrogens with zero attached hydrogens (tertiary/aromatic N) is 4. The van der Waals surface area contributed by atoms with E-state index < -0.39 is 10.0 Å². The first-order valence-electron chi connectivity index (χ1n) is 12.8. The van der Waals surface area contributed by atoms with Gasteiger partial charge in [-0.3, -0.25) is 9.71 Å². The Labute approximate surface area is 223 Å². The van der Waals surface area contributed by atoms with E-state index in [1.807, 2.05) is 25.1 Å². The standard InChI is InChI=1S/C26H34N6O5S/c1-17-4-9-23(35-2)25(28-17)29-18-5-7-20(8-6-18)37-26-21-14-19(31-38(3,33)34)16-27-22(21)15-24(30-26)32-10-12-36-13-11-32/h4,9,14-16,18,20,31H,5-8,10-13H2,1-3H3,(H,28,29). The van der Waals surface area contributed by atoms with Gasteiger partial charge in [-0.15, -0.1) is 0 Å². The number of pyridine rings is 3. The smallest absolute Gasteiger partial charge is 0.229 e. The number of anilines is 3. The predicted molar refractivity (Wildman–Crippen MR) is 147 cm³/mol. The zero-order chi connectivity index (χ0) is 26.7. The summed E-state index contributed by atoms with van der Waals surface area (Å²) in [6, 6.07) is 7.77. The molecule has 0 spiro atoms. The summed E-state index contributed by atoms with van der Waals surface area (Å²) in [4.78, 5) is 16.1. The van der Waals surface area contributed by atoms with E-state index in [9.17, 15) is 8.42 Å². The summed E-state index contributed by atoms with van der Waals surface area (Å²) in [7, 11) is -1.80. The lowest BCUT2D eigenvalue weighted by Gasteiger charge is -2.31. The van der Waals surface area contributed by atoms with E-state index in [2.05, 4.69) is 24.9 Å². The number of nitrogens with one attached hydrogen (secondary N) is 2. The van der Waals surface area contributed by atoms with Gasteiger partial charge in [-0.05, 0) is 50.8 Å². The van der Waals surface area contributed by atoms with E-state index in [-0.39, 0.29) is 12.1 Å². The summed E-state index contributed by atoms with van der Waals surface area (Å²) in [5, 5.41) is 4.21. The lowest BCUT2D eigenvalue weighted by Crippen LogP contribution is -2.37. The highest BCUT2D eigenvalue weighted by molar-refractivity contribution is 7.92. The Hall–Kier alpha value is -3.38. The van der Waals surface area contributed by atoms with Crippen molar-refractivity contribution >= 4 is 38.2 Å². The number of aromatic nitrogens is 3. The van der Waals surface area contributed by atoms with E-state index in [1.165, 1.54) is 6.20 Å². The molecule has 204 valence electrons. The summed E-state index contributed by atoms with van der Waals surface area (Å²) < 4.78 is 43.5. The third-order valence-electron chi connectivity index (χ3n) is 6.78. The van der Waals surface area contributed by atoms with E-state index in [0.717, 1.165) is 68.1 Å². The molecule has 0 atom stereocenters. The molecule has 1 saturated heterocycles. The molecule has 12 heteroatoms. The van der Waals surface area contributed by atoms with Gasteiger partial charge in [0.05, 0.1) is 49.4 Å². The number of hydrogen-bond donors (Lipinski definition) is 2. The summed E-state index contributed by atoms with van der Waals surface area (Å²) in [6.45, 7) is 4.71. The van der Waals surface area contributed by atoms with Crippen LogP contribution in [0, 0.1) is 6.92 Å². The number of rotatable bonds is 8. The first-order valence-corrected chi connectivity index (χ1v) is 14.7. The van der Waals surface area contributed by atoms with Gasteiger partial charge in [-0.25, -0.2) is 13.4 Å². The Morgan fingerprint density at radius 3 is 2.55 bits per heavy atom. The Bertz CT molecular complexity index is 1390. The SMILES string of the molecule is COc1ccc(C)nc1NC1CCC(Oc2nc(N3CCOCC3)cc3ncc(NS(C)(=O)=O)cc23)CC1. The summed E-state index contributed by atoms with van der Waals surface area (Å²) in [5.74, 6) is 2.74. The van der Waals surface area contributed by atoms with Gasteiger partial charge in [-0.2, -0.15) is 4.98 Å². The molecule has 0 aromatic carbocycles.